The largest absolute Gasteiger partial charge is 0.464 e. The number of hydrazine groups is 1. The first-order valence-electron chi connectivity index (χ1n) is 23.0. The number of ether oxygens (including phenoxy) is 3. The molecule has 14 nitrogen and oxygen atoms in total. The predicted octanol–water partition coefficient (Wildman–Crippen LogP) is 5.71. The van der Waals surface area contributed by atoms with Crippen molar-refractivity contribution in [1.82, 2.24) is 35.2 Å². The lowest BCUT2D eigenvalue weighted by Gasteiger charge is -2.36. The monoisotopic (exact) mass is 918 g/mol. The first kappa shape index (κ1) is 44.2. The third-order valence-corrected chi connectivity index (χ3v) is 15.2. The van der Waals surface area contributed by atoms with Crippen LogP contribution in [0.15, 0.2) is 29.8 Å². The number of alkyl halides is 3. The van der Waals surface area contributed by atoms with Gasteiger partial charge < -0.3 is 29.0 Å². The van der Waals surface area contributed by atoms with Crippen molar-refractivity contribution in [1.29, 1.82) is 0 Å². The maximum Gasteiger partial charge on any atom is 0.401 e. The number of halogens is 3. The number of rotatable bonds is 7. The van der Waals surface area contributed by atoms with Gasteiger partial charge in [-0.25, -0.2) is 10.4 Å². The number of amides is 2. The molecule has 1 unspecified atom stereocenters. The summed E-state index contributed by atoms with van der Waals surface area (Å²) in [5.74, 6) is -0.739. The number of aromatic nitrogens is 3. The molecule has 3 saturated heterocycles. The third-order valence-electron chi connectivity index (χ3n) is 14.3. The molecule has 2 amide bonds. The average Bonchev–Trinajstić information content (AvgIpc) is 3.61. The Labute approximate surface area is 380 Å². The Morgan fingerprint density at radius 3 is 2.62 bits per heavy atom. The Bertz CT molecular complexity index is 2490. The van der Waals surface area contributed by atoms with Crippen LogP contribution < -0.4 is 15.6 Å². The number of pyridine rings is 1. The van der Waals surface area contributed by atoms with Crippen molar-refractivity contribution in [2.24, 2.45) is 23.2 Å². The molecule has 0 radical (unpaired) electrons. The van der Waals surface area contributed by atoms with Crippen LogP contribution in [0.5, 0.6) is 0 Å². The van der Waals surface area contributed by atoms with Crippen molar-refractivity contribution in [2.75, 3.05) is 71.1 Å². The summed E-state index contributed by atoms with van der Waals surface area (Å²) in [6.07, 6.45) is 0.723. The van der Waals surface area contributed by atoms with Gasteiger partial charge in [0, 0.05) is 86.0 Å². The minimum Gasteiger partial charge on any atom is -0.464 e. The number of hydrogen-bond acceptors (Lipinski definition) is 12. The maximum atomic E-state index is 14.3. The smallest absolute Gasteiger partial charge is 0.401 e. The van der Waals surface area contributed by atoms with Gasteiger partial charge in [-0.2, -0.15) is 13.2 Å². The summed E-state index contributed by atoms with van der Waals surface area (Å²) in [5, 5.41) is 8.35. The molecule has 4 fully saturated rings. The number of anilines is 1. The van der Waals surface area contributed by atoms with Gasteiger partial charge in [-0.3, -0.25) is 29.3 Å². The number of piperazine rings is 1. The molecule has 5 aliphatic heterocycles. The highest BCUT2D eigenvalue weighted by Crippen LogP contribution is 2.51. The summed E-state index contributed by atoms with van der Waals surface area (Å²) >= 11 is 1.46. The molecule has 4 aromatic rings. The number of hydrogen-bond donors (Lipinski definition) is 2. The number of carbonyl (C=O) groups excluding carboxylic acids is 3. The van der Waals surface area contributed by atoms with E-state index in [1.807, 2.05) is 18.5 Å². The fraction of sp³-hybridized carbons (Fsp3) is 0.596. The highest BCUT2D eigenvalue weighted by atomic mass is 32.1. The molecule has 8 heterocycles. The molecule has 10 rings (SSSR count). The highest BCUT2D eigenvalue weighted by Gasteiger charge is 2.58. The van der Waals surface area contributed by atoms with E-state index in [9.17, 15) is 27.6 Å². The Hall–Kier alpha value is -4.62. The molecule has 18 heteroatoms. The number of carbonyl (C=O) groups is 3. The summed E-state index contributed by atoms with van der Waals surface area (Å²) in [6, 6.07) is 4.92. The molecule has 3 aromatic heterocycles. The van der Waals surface area contributed by atoms with Crippen molar-refractivity contribution in [3.63, 3.8) is 0 Å². The summed E-state index contributed by atoms with van der Waals surface area (Å²) in [4.78, 5) is 55.6. The van der Waals surface area contributed by atoms with Crippen molar-refractivity contribution < 1.29 is 41.8 Å². The lowest BCUT2D eigenvalue weighted by atomic mass is 9.84. The van der Waals surface area contributed by atoms with Crippen LogP contribution in [0.3, 0.4) is 0 Å². The molecule has 1 saturated carbocycles. The number of benzene rings is 1. The Balaban J connectivity index is 1.07. The normalized spacial score (nSPS) is 26.4. The first-order valence-corrected chi connectivity index (χ1v) is 23.8. The first-order chi connectivity index (χ1) is 31.1. The van der Waals surface area contributed by atoms with E-state index in [1.165, 1.54) is 26.8 Å². The van der Waals surface area contributed by atoms with E-state index < -0.39 is 36.2 Å². The van der Waals surface area contributed by atoms with E-state index in [4.69, 9.17) is 24.2 Å². The van der Waals surface area contributed by atoms with Gasteiger partial charge in [0.15, 0.2) is 0 Å². The number of thiazole rings is 1. The molecule has 6 aliphatic rings. The lowest BCUT2D eigenvalue weighted by Crippen LogP contribution is -2.60. The van der Waals surface area contributed by atoms with E-state index in [2.05, 4.69) is 52.3 Å². The number of methoxy groups -OCH3 is 1. The minimum atomic E-state index is -4.26. The number of nitrogens with one attached hydrogen (secondary N) is 2. The summed E-state index contributed by atoms with van der Waals surface area (Å²) in [7, 11) is 1.66. The number of nitrogens with zero attached hydrogens (tertiary/aromatic N) is 6. The average molecular weight is 919 g/mol. The van der Waals surface area contributed by atoms with Gasteiger partial charge in [-0.15, -0.1) is 11.3 Å². The molecule has 65 heavy (non-hydrogen) atoms. The standard InChI is InChI=1S/C47H57F3N8O6S/c1-26(62-4)40-31(17-29(20-51-40)56-13-11-55(12-14-56)24-47(48,49)50)42-32-19-46(2,3)25-64-45(61)35-8-6-10-58(54-35)44(60)36(53-43(59)39-33-21-63-22-34(33)39)18-38-52-37(23-65-38)28-15-27-7-5-9-57(42)41(27)30(32)16-28/h15-17,20,23,26,33-36,39,54H,5-14,18-19,21-22,24-25H2,1-4H3,(H,53,59)/t26-,33-,34+,35-,36-,39?/m0/s1. The van der Waals surface area contributed by atoms with Crippen LogP contribution in [0.2, 0.25) is 0 Å². The summed E-state index contributed by atoms with van der Waals surface area (Å²) in [6.45, 7) is 9.00. The SMILES string of the molecule is CO[C@@H](C)c1ncc(N2CCN(CC(F)(F)F)CC2)cc1-c1c2c3cc(cc4c3n1CCC4)-c1csc(n1)C[C@H](NC(=O)C1[C@H]3COC[C@@H]13)C(=O)N1CCC[C@H](N1)C(=O)OCC(C)(C)C2. The number of cyclic esters (lactones) is 1. The van der Waals surface area contributed by atoms with E-state index in [0.717, 1.165) is 69.7 Å². The van der Waals surface area contributed by atoms with Crippen molar-refractivity contribution in [3.8, 4) is 22.5 Å². The van der Waals surface area contributed by atoms with E-state index >= 15 is 0 Å². The van der Waals surface area contributed by atoms with Gasteiger partial charge in [0.1, 0.15) is 12.1 Å². The van der Waals surface area contributed by atoms with Crippen molar-refractivity contribution in [2.45, 2.75) is 90.2 Å². The minimum absolute atomic E-state index is 0.111. The molecule has 1 aromatic carbocycles. The predicted molar refractivity (Wildman–Crippen MR) is 238 cm³/mol. The van der Waals surface area contributed by atoms with Gasteiger partial charge in [-0.1, -0.05) is 13.8 Å². The summed E-state index contributed by atoms with van der Waals surface area (Å²) in [5.41, 5.74) is 11.2. The fourth-order valence-corrected chi connectivity index (χ4v) is 11.7. The molecule has 0 spiro atoms. The van der Waals surface area contributed by atoms with Gasteiger partial charge >= 0.3 is 12.1 Å². The fourth-order valence-electron chi connectivity index (χ4n) is 10.8. The molecule has 2 N–H and O–H groups in total. The lowest BCUT2D eigenvalue weighted by molar-refractivity contribution is -0.155. The van der Waals surface area contributed by atoms with Crippen LogP contribution in [-0.4, -0.2) is 127 Å². The van der Waals surface area contributed by atoms with Crippen molar-refractivity contribution in [3.05, 3.63) is 51.6 Å². The molecule has 348 valence electrons. The molecule has 1 aliphatic carbocycles. The van der Waals surface area contributed by atoms with Crippen LogP contribution in [-0.2, 0) is 54.4 Å². The Morgan fingerprint density at radius 1 is 1.08 bits per heavy atom. The van der Waals surface area contributed by atoms with Crippen LogP contribution in [0.4, 0.5) is 18.9 Å². The van der Waals surface area contributed by atoms with Crippen LogP contribution in [0, 0.1) is 23.2 Å². The van der Waals surface area contributed by atoms with Crippen LogP contribution in [0.25, 0.3) is 33.4 Å². The zero-order valence-electron chi connectivity index (χ0n) is 37.3. The van der Waals surface area contributed by atoms with E-state index in [1.54, 1.807) is 7.11 Å². The second-order valence-corrected chi connectivity index (χ2v) is 20.5. The van der Waals surface area contributed by atoms with Gasteiger partial charge in [-0.05, 0) is 80.2 Å². The number of esters is 1. The second-order valence-electron chi connectivity index (χ2n) is 19.5. The second kappa shape index (κ2) is 17.2. The zero-order chi connectivity index (χ0) is 45.4. The number of fused-ring (bicyclic) bond motifs is 7. The zero-order valence-corrected chi connectivity index (χ0v) is 38.2. The van der Waals surface area contributed by atoms with Crippen LogP contribution in [0.1, 0.15) is 68.0 Å². The molecule has 6 atom stereocenters. The van der Waals surface area contributed by atoms with Gasteiger partial charge in [0.25, 0.3) is 5.91 Å². The highest BCUT2D eigenvalue weighted by molar-refractivity contribution is 7.10. The molecule has 6 bridgehead atoms. The summed E-state index contributed by atoms with van der Waals surface area (Å²) < 4.78 is 60.0. The quantitative estimate of drug-likeness (QED) is 0.221. The Morgan fingerprint density at radius 2 is 1.86 bits per heavy atom. The molecular formula is C47H57F3N8O6S. The van der Waals surface area contributed by atoms with Gasteiger partial charge in [0.2, 0.25) is 5.91 Å². The molecular weight excluding hydrogens is 862 g/mol. The van der Waals surface area contributed by atoms with E-state index in [-0.39, 0.29) is 61.8 Å². The van der Waals surface area contributed by atoms with Crippen molar-refractivity contribution >= 4 is 45.7 Å². The van der Waals surface area contributed by atoms with Gasteiger partial charge in [0.05, 0.1) is 72.0 Å². The maximum absolute atomic E-state index is 14.3. The van der Waals surface area contributed by atoms with Crippen LogP contribution >= 0.6 is 11.3 Å². The topological polar surface area (TPSA) is 143 Å². The Kier molecular flexibility index (Phi) is 11.7. The number of aryl methyl sites for hydroxylation is 2. The third kappa shape index (κ3) is 8.76. The van der Waals surface area contributed by atoms with E-state index in [0.29, 0.717) is 57.1 Å².